The molecule has 0 aliphatic heterocycles. The third kappa shape index (κ3) is 5.03. The standard InChI is InChI=1S/C20H24N4O3/c1-13-21-17(19(25)24-15-8-4-3-5-9-15)12-18(22-13)23-16-10-6-7-14(11-16)20(26)27-2/h6-7,10-12,15H,3-5,8-9H2,1-2H3,(H,24,25)(H,21,22,23). The molecular weight excluding hydrogens is 344 g/mol. The number of aryl methyl sites for hydroxylation is 1. The van der Waals surface area contributed by atoms with Crippen LogP contribution in [0, 0.1) is 6.92 Å². The van der Waals surface area contributed by atoms with E-state index in [0.29, 0.717) is 28.6 Å². The Balaban J connectivity index is 1.75. The Labute approximate surface area is 158 Å². The van der Waals surface area contributed by atoms with Crippen molar-refractivity contribution in [2.24, 2.45) is 0 Å². The highest BCUT2D eigenvalue weighted by atomic mass is 16.5. The monoisotopic (exact) mass is 368 g/mol. The molecule has 0 atom stereocenters. The lowest BCUT2D eigenvalue weighted by atomic mass is 9.95. The van der Waals surface area contributed by atoms with E-state index in [0.717, 1.165) is 25.7 Å². The molecule has 7 nitrogen and oxygen atoms in total. The van der Waals surface area contributed by atoms with Crippen molar-refractivity contribution in [3.8, 4) is 0 Å². The number of esters is 1. The number of ether oxygens (including phenoxy) is 1. The number of hydrogen-bond acceptors (Lipinski definition) is 6. The molecule has 1 aliphatic rings. The maximum atomic E-state index is 12.6. The molecule has 1 aromatic heterocycles. The number of nitrogens with zero attached hydrogens (tertiary/aromatic N) is 2. The van der Waals surface area contributed by atoms with Crippen molar-refractivity contribution in [3.05, 3.63) is 47.4 Å². The van der Waals surface area contributed by atoms with Crippen LogP contribution in [-0.4, -0.2) is 35.0 Å². The summed E-state index contributed by atoms with van der Waals surface area (Å²) in [6, 6.07) is 8.74. The molecule has 1 saturated carbocycles. The van der Waals surface area contributed by atoms with E-state index in [-0.39, 0.29) is 11.9 Å². The second-order valence-electron chi connectivity index (χ2n) is 6.69. The van der Waals surface area contributed by atoms with E-state index >= 15 is 0 Å². The number of carbonyl (C=O) groups excluding carboxylic acids is 2. The Morgan fingerprint density at radius 1 is 1.11 bits per heavy atom. The number of anilines is 2. The van der Waals surface area contributed by atoms with Gasteiger partial charge in [0.05, 0.1) is 12.7 Å². The molecule has 3 rings (SSSR count). The smallest absolute Gasteiger partial charge is 0.337 e. The minimum atomic E-state index is -0.412. The molecule has 0 spiro atoms. The van der Waals surface area contributed by atoms with Gasteiger partial charge in [0.2, 0.25) is 0 Å². The summed E-state index contributed by atoms with van der Waals surface area (Å²) in [5, 5.41) is 6.19. The van der Waals surface area contributed by atoms with Crippen molar-refractivity contribution < 1.29 is 14.3 Å². The maximum absolute atomic E-state index is 12.6. The molecule has 7 heteroatoms. The zero-order valence-corrected chi connectivity index (χ0v) is 15.6. The molecule has 0 unspecified atom stereocenters. The number of hydrogen-bond donors (Lipinski definition) is 2. The van der Waals surface area contributed by atoms with Crippen molar-refractivity contribution in [2.75, 3.05) is 12.4 Å². The molecule has 142 valence electrons. The molecule has 27 heavy (non-hydrogen) atoms. The van der Waals surface area contributed by atoms with E-state index in [4.69, 9.17) is 4.74 Å². The number of methoxy groups -OCH3 is 1. The Hall–Kier alpha value is -2.96. The Bertz CT molecular complexity index is 832. The summed E-state index contributed by atoms with van der Waals surface area (Å²) in [5.74, 6) is 0.403. The molecule has 0 saturated heterocycles. The predicted molar refractivity (Wildman–Crippen MR) is 102 cm³/mol. The predicted octanol–water partition coefficient (Wildman–Crippen LogP) is 3.38. The summed E-state index contributed by atoms with van der Waals surface area (Å²) in [6.45, 7) is 1.74. The minimum absolute atomic E-state index is 0.182. The Morgan fingerprint density at radius 3 is 2.63 bits per heavy atom. The Kier molecular flexibility index (Phi) is 6.01. The summed E-state index contributed by atoms with van der Waals surface area (Å²) in [4.78, 5) is 32.8. The van der Waals surface area contributed by atoms with Crippen LogP contribution >= 0.6 is 0 Å². The van der Waals surface area contributed by atoms with Gasteiger partial charge < -0.3 is 15.4 Å². The molecule has 1 heterocycles. The third-order valence-electron chi connectivity index (χ3n) is 4.57. The van der Waals surface area contributed by atoms with Crippen LogP contribution < -0.4 is 10.6 Å². The van der Waals surface area contributed by atoms with E-state index in [2.05, 4.69) is 20.6 Å². The van der Waals surface area contributed by atoms with Crippen molar-refractivity contribution in [1.29, 1.82) is 0 Å². The van der Waals surface area contributed by atoms with Crippen molar-refractivity contribution in [2.45, 2.75) is 45.1 Å². The van der Waals surface area contributed by atoms with Crippen molar-refractivity contribution >= 4 is 23.4 Å². The first kappa shape index (κ1) is 18.8. The molecule has 2 aromatic rings. The first-order valence-electron chi connectivity index (χ1n) is 9.17. The summed E-state index contributed by atoms with van der Waals surface area (Å²) in [6.07, 6.45) is 5.56. The normalized spacial score (nSPS) is 14.4. The van der Waals surface area contributed by atoms with Gasteiger partial charge in [-0.2, -0.15) is 0 Å². The van der Waals surface area contributed by atoms with Crippen molar-refractivity contribution in [3.63, 3.8) is 0 Å². The second-order valence-corrected chi connectivity index (χ2v) is 6.69. The van der Waals surface area contributed by atoms with Crippen LogP contribution in [0.4, 0.5) is 11.5 Å². The molecule has 2 N–H and O–H groups in total. The zero-order chi connectivity index (χ0) is 19.2. The zero-order valence-electron chi connectivity index (χ0n) is 15.6. The SMILES string of the molecule is COC(=O)c1cccc(Nc2cc(C(=O)NC3CCCCC3)nc(C)n2)c1. The van der Waals surface area contributed by atoms with E-state index in [9.17, 15) is 9.59 Å². The minimum Gasteiger partial charge on any atom is -0.465 e. The van der Waals surface area contributed by atoms with Gasteiger partial charge in [-0.15, -0.1) is 0 Å². The van der Waals surface area contributed by atoms with Crippen molar-refractivity contribution in [1.82, 2.24) is 15.3 Å². The Morgan fingerprint density at radius 2 is 1.89 bits per heavy atom. The van der Waals surface area contributed by atoms with Crippen LogP contribution in [0.5, 0.6) is 0 Å². The van der Waals surface area contributed by atoms with Crippen LogP contribution in [0.25, 0.3) is 0 Å². The number of amides is 1. The quantitative estimate of drug-likeness (QED) is 0.786. The summed E-state index contributed by atoms with van der Waals surface area (Å²) in [5.41, 5.74) is 1.44. The van der Waals surface area contributed by atoms with Gasteiger partial charge in [0.25, 0.3) is 5.91 Å². The van der Waals surface area contributed by atoms with Crippen LogP contribution in [0.3, 0.4) is 0 Å². The van der Waals surface area contributed by atoms with Crippen LogP contribution in [-0.2, 0) is 4.74 Å². The lowest BCUT2D eigenvalue weighted by Crippen LogP contribution is -2.36. The highest BCUT2D eigenvalue weighted by molar-refractivity contribution is 5.93. The molecule has 0 bridgehead atoms. The van der Waals surface area contributed by atoms with Gasteiger partial charge in [0.1, 0.15) is 17.3 Å². The van der Waals surface area contributed by atoms with E-state index in [1.165, 1.54) is 13.5 Å². The fourth-order valence-corrected chi connectivity index (χ4v) is 3.24. The van der Waals surface area contributed by atoms with Gasteiger partial charge >= 0.3 is 5.97 Å². The van der Waals surface area contributed by atoms with Gasteiger partial charge in [-0.25, -0.2) is 14.8 Å². The van der Waals surface area contributed by atoms with Crippen LogP contribution in [0.2, 0.25) is 0 Å². The van der Waals surface area contributed by atoms with E-state index < -0.39 is 5.97 Å². The summed E-state index contributed by atoms with van der Waals surface area (Å²) in [7, 11) is 1.34. The first-order chi connectivity index (χ1) is 13.0. The average Bonchev–Trinajstić information content (AvgIpc) is 2.68. The third-order valence-corrected chi connectivity index (χ3v) is 4.57. The van der Waals surface area contributed by atoms with Gasteiger partial charge in [-0.1, -0.05) is 25.3 Å². The first-order valence-corrected chi connectivity index (χ1v) is 9.17. The van der Waals surface area contributed by atoms with Crippen LogP contribution in [0.15, 0.2) is 30.3 Å². The number of carbonyl (C=O) groups is 2. The number of nitrogens with one attached hydrogen (secondary N) is 2. The van der Waals surface area contributed by atoms with Gasteiger partial charge in [-0.3, -0.25) is 4.79 Å². The van der Waals surface area contributed by atoms with Gasteiger partial charge in [0, 0.05) is 17.8 Å². The molecule has 0 radical (unpaired) electrons. The molecule has 1 aliphatic carbocycles. The highest BCUT2D eigenvalue weighted by Gasteiger charge is 2.18. The van der Waals surface area contributed by atoms with Gasteiger partial charge in [-0.05, 0) is 38.0 Å². The number of aromatic nitrogens is 2. The number of rotatable bonds is 5. The molecule has 1 fully saturated rings. The van der Waals surface area contributed by atoms with Crippen LogP contribution in [0.1, 0.15) is 58.8 Å². The van der Waals surface area contributed by atoms with Gasteiger partial charge in [0.15, 0.2) is 0 Å². The largest absolute Gasteiger partial charge is 0.465 e. The topological polar surface area (TPSA) is 93.2 Å². The molecular formula is C20H24N4O3. The van der Waals surface area contributed by atoms with E-state index in [1.807, 2.05) is 6.07 Å². The summed E-state index contributed by atoms with van der Waals surface area (Å²) < 4.78 is 4.74. The fourth-order valence-electron chi connectivity index (χ4n) is 3.24. The highest BCUT2D eigenvalue weighted by Crippen LogP contribution is 2.19. The fraction of sp³-hybridized carbons (Fsp3) is 0.400. The average molecular weight is 368 g/mol. The second kappa shape index (κ2) is 8.62. The molecule has 1 amide bonds. The lowest BCUT2D eigenvalue weighted by molar-refractivity contribution is 0.0600. The lowest BCUT2D eigenvalue weighted by Gasteiger charge is -2.22. The summed E-state index contributed by atoms with van der Waals surface area (Å²) >= 11 is 0. The number of benzene rings is 1. The molecule has 1 aromatic carbocycles. The maximum Gasteiger partial charge on any atom is 0.337 e. The van der Waals surface area contributed by atoms with E-state index in [1.54, 1.807) is 31.2 Å².